The number of hydrogen-bond acceptors (Lipinski definition) is 4. The molecule has 1 N–H and O–H groups in total. The van der Waals surface area contributed by atoms with Crippen LogP contribution in [-0.4, -0.2) is 51.3 Å². The van der Waals surface area contributed by atoms with E-state index >= 15 is 0 Å². The fraction of sp³-hybridized carbons (Fsp3) is 0.520. The molecular formula is C25H37N3O. The number of nitrogens with zero attached hydrogens (tertiary/aromatic N) is 2. The fourth-order valence-electron chi connectivity index (χ4n) is 4.00. The van der Waals surface area contributed by atoms with Crippen molar-refractivity contribution in [3.63, 3.8) is 0 Å². The number of nitrogens with one attached hydrogen (secondary N) is 1. The lowest BCUT2D eigenvalue weighted by Gasteiger charge is -2.27. The number of methoxy groups -OCH3 is 1. The van der Waals surface area contributed by atoms with Gasteiger partial charge in [-0.05, 0) is 49.2 Å². The normalized spacial score (nSPS) is 14.7. The summed E-state index contributed by atoms with van der Waals surface area (Å²) in [6.07, 6.45) is 6.58. The lowest BCUT2D eigenvalue weighted by molar-refractivity contribution is 0.236. The molecule has 3 rings (SSSR count). The van der Waals surface area contributed by atoms with E-state index in [0.29, 0.717) is 0 Å². The van der Waals surface area contributed by atoms with E-state index in [0.717, 1.165) is 31.9 Å². The van der Waals surface area contributed by atoms with Gasteiger partial charge >= 0.3 is 0 Å². The van der Waals surface area contributed by atoms with E-state index in [-0.39, 0.29) is 0 Å². The predicted molar refractivity (Wildman–Crippen MR) is 123 cm³/mol. The van der Waals surface area contributed by atoms with Crippen molar-refractivity contribution in [1.29, 1.82) is 0 Å². The van der Waals surface area contributed by atoms with Gasteiger partial charge < -0.3 is 19.9 Å². The third kappa shape index (κ3) is 7.71. The number of anilines is 1. The quantitative estimate of drug-likeness (QED) is 0.533. The number of hydrogen-bond donors (Lipinski definition) is 1. The molecule has 1 heterocycles. The van der Waals surface area contributed by atoms with Crippen LogP contribution in [0.2, 0.25) is 0 Å². The van der Waals surface area contributed by atoms with E-state index in [9.17, 15) is 0 Å². The lowest BCUT2D eigenvalue weighted by Crippen LogP contribution is -2.43. The highest BCUT2D eigenvalue weighted by atomic mass is 16.5. The van der Waals surface area contributed by atoms with E-state index in [1.54, 1.807) is 7.11 Å². The summed E-state index contributed by atoms with van der Waals surface area (Å²) >= 11 is 0. The molecule has 0 spiro atoms. The lowest BCUT2D eigenvalue weighted by atomic mass is 10.1. The molecule has 0 aromatic heterocycles. The van der Waals surface area contributed by atoms with Crippen molar-refractivity contribution in [3.8, 4) is 5.75 Å². The number of ether oxygens (including phenoxy) is 1. The Hall–Kier alpha value is -2.04. The van der Waals surface area contributed by atoms with Gasteiger partial charge in [-0.3, -0.25) is 0 Å². The smallest absolute Gasteiger partial charge is 0.119 e. The standard InChI is InChI=1S/C25H37N3O/c1-29-25-14-12-24(13-15-25)28(22-23-10-6-5-7-11-23)19-9-4-2-3-8-18-27-20-16-26-17-21-27/h5-7,10-15,26H,2-4,8-9,16-22H2,1H3. The zero-order valence-electron chi connectivity index (χ0n) is 18.0. The van der Waals surface area contributed by atoms with E-state index in [1.807, 2.05) is 0 Å². The van der Waals surface area contributed by atoms with Gasteiger partial charge in [0.1, 0.15) is 5.75 Å². The Morgan fingerprint density at radius 1 is 0.862 bits per heavy atom. The molecule has 1 saturated heterocycles. The summed E-state index contributed by atoms with van der Waals surface area (Å²) in [5, 5.41) is 3.43. The molecule has 1 aliphatic heterocycles. The summed E-state index contributed by atoms with van der Waals surface area (Å²) in [4.78, 5) is 5.09. The van der Waals surface area contributed by atoms with E-state index < -0.39 is 0 Å². The first-order valence-corrected chi connectivity index (χ1v) is 11.2. The van der Waals surface area contributed by atoms with Gasteiger partial charge in [0.15, 0.2) is 0 Å². The number of piperazine rings is 1. The summed E-state index contributed by atoms with van der Waals surface area (Å²) in [5.41, 5.74) is 2.63. The van der Waals surface area contributed by atoms with Crippen LogP contribution in [-0.2, 0) is 6.54 Å². The molecule has 0 radical (unpaired) electrons. The minimum atomic E-state index is 0.915. The van der Waals surface area contributed by atoms with Crippen molar-refractivity contribution < 1.29 is 4.74 Å². The maximum absolute atomic E-state index is 5.32. The molecule has 29 heavy (non-hydrogen) atoms. The molecule has 0 bridgehead atoms. The van der Waals surface area contributed by atoms with E-state index in [4.69, 9.17) is 4.74 Å². The molecule has 0 saturated carbocycles. The summed E-state index contributed by atoms with van der Waals surface area (Å²) in [5.74, 6) is 0.915. The summed E-state index contributed by atoms with van der Waals surface area (Å²) in [6.45, 7) is 8.07. The zero-order valence-corrected chi connectivity index (χ0v) is 18.0. The molecule has 0 unspecified atom stereocenters. The van der Waals surface area contributed by atoms with E-state index in [1.165, 1.54) is 63.0 Å². The van der Waals surface area contributed by atoms with Gasteiger partial charge in [-0.15, -0.1) is 0 Å². The predicted octanol–water partition coefficient (Wildman–Crippen LogP) is 4.56. The Morgan fingerprint density at radius 3 is 2.28 bits per heavy atom. The van der Waals surface area contributed by atoms with Gasteiger partial charge in [0.05, 0.1) is 7.11 Å². The second kappa shape index (κ2) is 12.5. The Bertz CT molecular complexity index is 668. The van der Waals surface area contributed by atoms with Crippen molar-refractivity contribution in [2.45, 2.75) is 38.6 Å². The monoisotopic (exact) mass is 395 g/mol. The Balaban J connectivity index is 1.41. The maximum Gasteiger partial charge on any atom is 0.119 e. The SMILES string of the molecule is COc1ccc(N(CCCCCCCN2CCNCC2)Cc2ccccc2)cc1. The first-order chi connectivity index (χ1) is 14.3. The molecule has 2 aromatic rings. The highest BCUT2D eigenvalue weighted by Crippen LogP contribution is 2.22. The fourth-order valence-corrected chi connectivity index (χ4v) is 4.00. The third-order valence-corrected chi connectivity index (χ3v) is 5.77. The number of unbranched alkanes of at least 4 members (excludes halogenated alkanes) is 4. The maximum atomic E-state index is 5.32. The summed E-state index contributed by atoms with van der Waals surface area (Å²) in [7, 11) is 1.72. The second-order valence-corrected chi connectivity index (χ2v) is 7.96. The topological polar surface area (TPSA) is 27.7 Å². The van der Waals surface area contributed by atoms with Gasteiger partial charge in [-0.1, -0.05) is 49.6 Å². The van der Waals surface area contributed by atoms with Crippen molar-refractivity contribution in [2.24, 2.45) is 0 Å². The van der Waals surface area contributed by atoms with Crippen LogP contribution < -0.4 is 15.0 Å². The van der Waals surface area contributed by atoms with Gasteiger partial charge in [-0.25, -0.2) is 0 Å². The molecule has 1 aliphatic rings. The number of benzene rings is 2. The third-order valence-electron chi connectivity index (χ3n) is 5.77. The van der Waals surface area contributed by atoms with Crippen LogP contribution >= 0.6 is 0 Å². The summed E-state index contributed by atoms with van der Waals surface area (Å²) in [6, 6.07) is 19.2. The molecule has 2 aromatic carbocycles. The molecule has 1 fully saturated rings. The van der Waals surface area contributed by atoms with Crippen LogP contribution in [0.4, 0.5) is 5.69 Å². The zero-order chi connectivity index (χ0) is 20.2. The van der Waals surface area contributed by atoms with Crippen LogP contribution in [0.3, 0.4) is 0 Å². The molecular weight excluding hydrogens is 358 g/mol. The molecule has 0 aliphatic carbocycles. The largest absolute Gasteiger partial charge is 0.497 e. The first kappa shape index (κ1) is 21.7. The average molecular weight is 396 g/mol. The van der Waals surface area contributed by atoms with Crippen molar-refractivity contribution in [2.75, 3.05) is 51.3 Å². The van der Waals surface area contributed by atoms with Crippen LogP contribution in [0.5, 0.6) is 5.75 Å². The Kier molecular flexibility index (Phi) is 9.34. The van der Waals surface area contributed by atoms with Crippen LogP contribution in [0, 0.1) is 0 Å². The van der Waals surface area contributed by atoms with Gasteiger partial charge in [-0.2, -0.15) is 0 Å². The number of rotatable bonds is 12. The second-order valence-electron chi connectivity index (χ2n) is 7.96. The van der Waals surface area contributed by atoms with Gasteiger partial charge in [0.2, 0.25) is 0 Å². The Labute approximate surface area is 176 Å². The van der Waals surface area contributed by atoms with Gasteiger partial charge in [0.25, 0.3) is 0 Å². The van der Waals surface area contributed by atoms with Crippen molar-refractivity contribution >= 4 is 5.69 Å². The molecule has 0 amide bonds. The molecule has 158 valence electrons. The van der Waals surface area contributed by atoms with E-state index in [2.05, 4.69) is 69.7 Å². The molecule has 4 nitrogen and oxygen atoms in total. The van der Waals surface area contributed by atoms with Gasteiger partial charge in [0, 0.05) is 45.0 Å². The minimum absolute atomic E-state index is 0.915. The molecule has 4 heteroatoms. The minimum Gasteiger partial charge on any atom is -0.497 e. The van der Waals surface area contributed by atoms with Crippen LogP contribution in [0.15, 0.2) is 54.6 Å². The van der Waals surface area contributed by atoms with Crippen LogP contribution in [0.1, 0.15) is 37.7 Å². The average Bonchev–Trinajstić information content (AvgIpc) is 2.79. The molecule has 0 atom stereocenters. The van der Waals surface area contributed by atoms with Crippen molar-refractivity contribution in [1.82, 2.24) is 10.2 Å². The highest BCUT2D eigenvalue weighted by molar-refractivity contribution is 5.49. The van der Waals surface area contributed by atoms with Crippen molar-refractivity contribution in [3.05, 3.63) is 60.2 Å². The highest BCUT2D eigenvalue weighted by Gasteiger charge is 2.09. The Morgan fingerprint density at radius 2 is 1.55 bits per heavy atom. The summed E-state index contributed by atoms with van der Waals surface area (Å²) < 4.78 is 5.32. The van der Waals surface area contributed by atoms with Crippen LogP contribution in [0.25, 0.3) is 0 Å². The first-order valence-electron chi connectivity index (χ1n) is 11.2.